The number of carbonyl (C=O) groups is 1. The monoisotopic (exact) mass is 224 g/mol. The van der Waals surface area contributed by atoms with Crippen molar-refractivity contribution in [2.24, 2.45) is 7.05 Å². The molecule has 0 bridgehead atoms. The number of carbonyl (C=O) groups excluding carboxylic acids is 1. The predicted octanol–water partition coefficient (Wildman–Crippen LogP) is -0.353. The van der Waals surface area contributed by atoms with Gasteiger partial charge in [-0.15, -0.1) is 0 Å². The number of nitrogens with one attached hydrogen (secondary N) is 1. The van der Waals surface area contributed by atoms with Crippen LogP contribution in [0.1, 0.15) is 29.8 Å². The standard InChI is InChI=1S/C10H16N4O2/c1-14-8(7(11)5-13-14)9(15)12-6-10(16)3-2-4-10/h5,16H,2-4,6,11H2,1H3,(H,12,15). The van der Waals surface area contributed by atoms with Gasteiger partial charge in [-0.3, -0.25) is 9.48 Å². The van der Waals surface area contributed by atoms with Crippen molar-refractivity contribution < 1.29 is 9.90 Å². The van der Waals surface area contributed by atoms with E-state index >= 15 is 0 Å². The van der Waals surface area contributed by atoms with Crippen molar-refractivity contribution in [1.29, 1.82) is 0 Å². The highest BCUT2D eigenvalue weighted by Crippen LogP contribution is 2.30. The van der Waals surface area contributed by atoms with E-state index in [0.29, 0.717) is 11.4 Å². The molecule has 16 heavy (non-hydrogen) atoms. The van der Waals surface area contributed by atoms with E-state index in [9.17, 15) is 9.90 Å². The predicted molar refractivity (Wildman–Crippen MR) is 58.8 cm³/mol. The highest BCUT2D eigenvalue weighted by atomic mass is 16.3. The van der Waals surface area contributed by atoms with Crippen LogP contribution in [0.4, 0.5) is 5.69 Å². The van der Waals surface area contributed by atoms with Crippen LogP contribution < -0.4 is 11.1 Å². The van der Waals surface area contributed by atoms with Gasteiger partial charge in [-0.2, -0.15) is 5.10 Å². The van der Waals surface area contributed by atoms with Gasteiger partial charge < -0.3 is 16.2 Å². The second-order valence-electron chi connectivity index (χ2n) is 4.33. The first-order chi connectivity index (χ1) is 7.52. The van der Waals surface area contributed by atoms with Gasteiger partial charge in [-0.05, 0) is 19.3 Å². The second kappa shape index (κ2) is 3.79. The van der Waals surface area contributed by atoms with Crippen molar-refractivity contribution in [3.8, 4) is 0 Å². The lowest BCUT2D eigenvalue weighted by molar-refractivity contribution is -0.0301. The highest BCUT2D eigenvalue weighted by molar-refractivity contribution is 5.97. The number of rotatable bonds is 3. The lowest BCUT2D eigenvalue weighted by Crippen LogP contribution is -2.48. The van der Waals surface area contributed by atoms with Crippen LogP contribution >= 0.6 is 0 Å². The van der Waals surface area contributed by atoms with Gasteiger partial charge in [-0.1, -0.05) is 0 Å². The van der Waals surface area contributed by atoms with Crippen LogP contribution in [0.2, 0.25) is 0 Å². The molecule has 1 aromatic rings. The molecule has 1 heterocycles. The summed E-state index contributed by atoms with van der Waals surface area (Å²) in [5.41, 5.74) is 5.59. The molecule has 1 aliphatic carbocycles. The van der Waals surface area contributed by atoms with Crippen LogP contribution in [0.3, 0.4) is 0 Å². The molecule has 0 aromatic carbocycles. The molecular formula is C10H16N4O2. The summed E-state index contributed by atoms with van der Waals surface area (Å²) in [7, 11) is 1.66. The topological polar surface area (TPSA) is 93.2 Å². The zero-order valence-electron chi connectivity index (χ0n) is 9.23. The third-order valence-corrected chi connectivity index (χ3v) is 3.04. The van der Waals surface area contributed by atoms with Gasteiger partial charge >= 0.3 is 0 Å². The summed E-state index contributed by atoms with van der Waals surface area (Å²) >= 11 is 0. The van der Waals surface area contributed by atoms with Crippen LogP contribution in [0.15, 0.2) is 6.20 Å². The van der Waals surface area contributed by atoms with Crippen LogP contribution in [-0.4, -0.2) is 32.9 Å². The number of hydrogen-bond donors (Lipinski definition) is 3. The Balaban J connectivity index is 1.98. The number of nitrogens with two attached hydrogens (primary N) is 1. The molecule has 0 unspecified atom stereocenters. The van der Waals surface area contributed by atoms with Crippen molar-refractivity contribution >= 4 is 11.6 Å². The molecule has 1 aromatic heterocycles. The van der Waals surface area contributed by atoms with E-state index in [1.54, 1.807) is 7.05 Å². The average molecular weight is 224 g/mol. The number of aryl methyl sites for hydroxylation is 1. The van der Waals surface area contributed by atoms with Gasteiger partial charge in [0.05, 0.1) is 17.5 Å². The van der Waals surface area contributed by atoms with Crippen LogP contribution in [0.25, 0.3) is 0 Å². The summed E-state index contributed by atoms with van der Waals surface area (Å²) < 4.78 is 1.43. The number of aromatic nitrogens is 2. The molecule has 1 saturated carbocycles. The number of nitrogen functional groups attached to an aromatic ring is 1. The second-order valence-corrected chi connectivity index (χ2v) is 4.33. The number of hydrogen-bond acceptors (Lipinski definition) is 4. The number of aliphatic hydroxyl groups is 1. The zero-order chi connectivity index (χ0) is 11.8. The Labute approximate surface area is 93.4 Å². The Morgan fingerprint density at radius 3 is 2.88 bits per heavy atom. The van der Waals surface area contributed by atoms with E-state index < -0.39 is 5.60 Å². The Morgan fingerprint density at radius 1 is 1.75 bits per heavy atom. The van der Waals surface area contributed by atoms with Crippen LogP contribution in [0, 0.1) is 0 Å². The van der Waals surface area contributed by atoms with Gasteiger partial charge in [0.15, 0.2) is 0 Å². The third kappa shape index (κ3) is 1.88. The fraction of sp³-hybridized carbons (Fsp3) is 0.600. The molecule has 4 N–H and O–H groups in total. The first-order valence-corrected chi connectivity index (χ1v) is 5.30. The highest BCUT2D eigenvalue weighted by Gasteiger charge is 2.34. The summed E-state index contributed by atoms with van der Waals surface area (Å²) in [6, 6.07) is 0. The molecule has 6 heteroatoms. The quantitative estimate of drug-likeness (QED) is 0.654. The molecule has 0 radical (unpaired) electrons. The van der Waals surface area contributed by atoms with Gasteiger partial charge in [0.1, 0.15) is 5.69 Å². The largest absolute Gasteiger partial charge is 0.396 e. The van der Waals surface area contributed by atoms with E-state index in [4.69, 9.17) is 5.73 Å². The Morgan fingerprint density at radius 2 is 2.44 bits per heavy atom. The average Bonchev–Trinajstić information content (AvgIpc) is 2.52. The Bertz CT molecular complexity index is 389. The van der Waals surface area contributed by atoms with Gasteiger partial charge in [0.2, 0.25) is 0 Å². The lowest BCUT2D eigenvalue weighted by Gasteiger charge is -2.36. The third-order valence-electron chi connectivity index (χ3n) is 3.04. The van der Waals surface area contributed by atoms with E-state index in [-0.39, 0.29) is 12.5 Å². The van der Waals surface area contributed by atoms with Crippen molar-refractivity contribution in [3.05, 3.63) is 11.9 Å². The van der Waals surface area contributed by atoms with Crippen molar-refractivity contribution in [2.75, 3.05) is 12.3 Å². The van der Waals surface area contributed by atoms with Gasteiger partial charge in [-0.25, -0.2) is 0 Å². The molecule has 1 amide bonds. The molecular weight excluding hydrogens is 208 g/mol. The Kier molecular flexibility index (Phi) is 2.59. The first kappa shape index (κ1) is 10.9. The maximum absolute atomic E-state index is 11.8. The Hall–Kier alpha value is -1.56. The maximum atomic E-state index is 11.8. The van der Waals surface area contributed by atoms with Gasteiger partial charge in [0.25, 0.3) is 5.91 Å². The summed E-state index contributed by atoms with van der Waals surface area (Å²) in [6.07, 6.45) is 3.94. The van der Waals surface area contributed by atoms with E-state index in [1.807, 2.05) is 0 Å². The fourth-order valence-electron chi connectivity index (χ4n) is 1.82. The minimum Gasteiger partial charge on any atom is -0.396 e. The number of anilines is 1. The normalized spacial score (nSPS) is 17.9. The SMILES string of the molecule is Cn1ncc(N)c1C(=O)NCC1(O)CCC1. The number of nitrogens with zero attached hydrogens (tertiary/aromatic N) is 2. The van der Waals surface area contributed by atoms with Crippen LogP contribution in [-0.2, 0) is 7.05 Å². The molecule has 6 nitrogen and oxygen atoms in total. The minimum absolute atomic E-state index is 0.274. The van der Waals surface area contributed by atoms with Crippen molar-refractivity contribution in [1.82, 2.24) is 15.1 Å². The first-order valence-electron chi connectivity index (χ1n) is 5.30. The molecule has 0 aliphatic heterocycles. The van der Waals surface area contributed by atoms with Gasteiger partial charge in [0, 0.05) is 13.6 Å². The molecule has 0 spiro atoms. The molecule has 88 valence electrons. The summed E-state index contributed by atoms with van der Waals surface area (Å²) in [5.74, 6) is -0.294. The van der Waals surface area contributed by atoms with E-state index in [1.165, 1.54) is 10.9 Å². The van der Waals surface area contributed by atoms with Crippen molar-refractivity contribution in [3.63, 3.8) is 0 Å². The zero-order valence-corrected chi connectivity index (χ0v) is 9.23. The minimum atomic E-state index is -0.719. The molecule has 0 saturated heterocycles. The molecule has 0 atom stereocenters. The maximum Gasteiger partial charge on any atom is 0.271 e. The summed E-state index contributed by atoms with van der Waals surface area (Å²) in [4.78, 5) is 11.8. The molecule has 2 rings (SSSR count). The molecule has 1 fully saturated rings. The fourth-order valence-corrected chi connectivity index (χ4v) is 1.82. The smallest absolute Gasteiger partial charge is 0.271 e. The van der Waals surface area contributed by atoms with Crippen LogP contribution in [0.5, 0.6) is 0 Å². The van der Waals surface area contributed by atoms with E-state index in [0.717, 1.165) is 19.3 Å². The summed E-state index contributed by atoms with van der Waals surface area (Å²) in [6.45, 7) is 0.274. The lowest BCUT2D eigenvalue weighted by atomic mass is 9.80. The summed E-state index contributed by atoms with van der Waals surface area (Å²) in [5, 5.41) is 16.4. The van der Waals surface area contributed by atoms with Crippen molar-refractivity contribution in [2.45, 2.75) is 24.9 Å². The number of amides is 1. The molecule has 1 aliphatic rings. The van der Waals surface area contributed by atoms with E-state index in [2.05, 4.69) is 10.4 Å².